The van der Waals surface area contributed by atoms with Gasteiger partial charge < -0.3 is 14.9 Å². The number of allylic oxidation sites excluding steroid dienone is 4. The monoisotopic (exact) mass is 444 g/mol. The molecule has 0 heterocycles. The van der Waals surface area contributed by atoms with Crippen LogP contribution < -0.4 is 0 Å². The molecule has 0 amide bonds. The first-order valence-corrected chi connectivity index (χ1v) is 11.6. The number of fused-ring (bicyclic) bond motifs is 5. The zero-order chi connectivity index (χ0) is 23.3. The number of aliphatic carboxylic acids is 1. The lowest BCUT2D eigenvalue weighted by molar-refractivity contribution is -0.154. The van der Waals surface area contributed by atoms with E-state index in [0.717, 1.165) is 24.8 Å². The van der Waals surface area contributed by atoms with Crippen LogP contribution in [0.4, 0.5) is 0 Å². The topological polar surface area (TPSA) is 118 Å². The Labute approximate surface area is 187 Å². The number of carboxylic acids is 1. The summed E-state index contributed by atoms with van der Waals surface area (Å²) in [4.78, 5) is 47.3. The first-order valence-electron chi connectivity index (χ1n) is 11.6. The normalized spacial score (nSPS) is 40.0. The average molecular weight is 445 g/mol. The number of ether oxygens (including phenoxy) is 1. The minimum absolute atomic E-state index is 0.00971. The fourth-order valence-electron chi connectivity index (χ4n) is 7.39. The van der Waals surface area contributed by atoms with Crippen LogP contribution in [0, 0.1) is 34.5 Å². The Morgan fingerprint density at radius 3 is 2.62 bits per heavy atom. The molecule has 7 heteroatoms. The zero-order valence-electron chi connectivity index (χ0n) is 18.7. The summed E-state index contributed by atoms with van der Waals surface area (Å²) in [5.74, 6) is -1.61. The van der Waals surface area contributed by atoms with Gasteiger partial charge in [-0.25, -0.2) is 0 Å². The molecule has 174 valence electrons. The molecule has 32 heavy (non-hydrogen) atoms. The predicted molar refractivity (Wildman–Crippen MR) is 114 cm³/mol. The van der Waals surface area contributed by atoms with Crippen molar-refractivity contribution in [2.75, 3.05) is 6.61 Å². The van der Waals surface area contributed by atoms with Crippen molar-refractivity contribution in [1.29, 1.82) is 0 Å². The van der Waals surface area contributed by atoms with Crippen molar-refractivity contribution in [3.05, 3.63) is 23.8 Å². The highest BCUT2D eigenvalue weighted by atomic mass is 16.5. The highest BCUT2D eigenvalue weighted by Gasteiger charge is 2.62. The van der Waals surface area contributed by atoms with Gasteiger partial charge in [-0.05, 0) is 61.5 Å². The van der Waals surface area contributed by atoms with Crippen molar-refractivity contribution in [3.63, 3.8) is 0 Å². The molecule has 0 radical (unpaired) electrons. The van der Waals surface area contributed by atoms with Crippen molar-refractivity contribution in [1.82, 2.24) is 0 Å². The Bertz CT molecular complexity index is 902. The Morgan fingerprint density at radius 1 is 1.16 bits per heavy atom. The van der Waals surface area contributed by atoms with E-state index in [2.05, 4.69) is 13.8 Å². The smallest absolute Gasteiger partial charge is 0.306 e. The van der Waals surface area contributed by atoms with E-state index >= 15 is 0 Å². The molecule has 4 aliphatic carbocycles. The van der Waals surface area contributed by atoms with Crippen LogP contribution in [0.25, 0.3) is 0 Å². The van der Waals surface area contributed by atoms with Crippen molar-refractivity contribution >= 4 is 23.5 Å². The van der Waals surface area contributed by atoms with Gasteiger partial charge in [0.2, 0.25) is 0 Å². The Morgan fingerprint density at radius 2 is 1.91 bits per heavy atom. The standard InChI is InChI=1S/C25H32O7/c1-24-10-9-15(26)11-14(24)3-4-16-17-5-6-18(25(17,2)12-19(27)23(16)24)20(28)13-32-22(31)8-7-21(29)30/h9-11,16-19,23,27H,3-8,12-13H2,1-2H3,(H,29,30). The van der Waals surface area contributed by atoms with Crippen molar-refractivity contribution < 1.29 is 34.1 Å². The fourth-order valence-corrected chi connectivity index (χ4v) is 7.39. The van der Waals surface area contributed by atoms with Crippen LogP contribution in [0.15, 0.2) is 23.8 Å². The Balaban J connectivity index is 1.48. The maximum Gasteiger partial charge on any atom is 0.306 e. The lowest BCUT2D eigenvalue weighted by atomic mass is 9.46. The van der Waals surface area contributed by atoms with Crippen LogP contribution in [0.5, 0.6) is 0 Å². The number of carboxylic acid groups (broad SMARTS) is 1. The highest BCUT2D eigenvalue weighted by molar-refractivity contribution is 6.01. The van der Waals surface area contributed by atoms with Crippen molar-refractivity contribution in [3.8, 4) is 0 Å². The third kappa shape index (κ3) is 3.74. The van der Waals surface area contributed by atoms with Gasteiger partial charge in [-0.1, -0.05) is 25.5 Å². The number of hydrogen-bond donors (Lipinski definition) is 2. The van der Waals surface area contributed by atoms with E-state index in [0.29, 0.717) is 12.8 Å². The molecule has 0 spiro atoms. The van der Waals surface area contributed by atoms with E-state index in [9.17, 15) is 24.3 Å². The van der Waals surface area contributed by atoms with Gasteiger partial charge in [-0.3, -0.25) is 19.2 Å². The molecule has 7 nitrogen and oxygen atoms in total. The summed E-state index contributed by atoms with van der Waals surface area (Å²) in [7, 11) is 0. The molecule has 0 aromatic rings. The Hall–Kier alpha value is -2.28. The largest absolute Gasteiger partial charge is 0.481 e. The Kier molecular flexibility index (Phi) is 5.90. The van der Waals surface area contributed by atoms with Crippen LogP contribution in [0.2, 0.25) is 0 Å². The van der Waals surface area contributed by atoms with Gasteiger partial charge in [-0.2, -0.15) is 0 Å². The number of rotatable bonds is 6. The summed E-state index contributed by atoms with van der Waals surface area (Å²) in [6.07, 6.45) is 8.00. The molecular weight excluding hydrogens is 412 g/mol. The molecule has 0 aromatic heterocycles. The molecule has 0 aliphatic heterocycles. The van der Waals surface area contributed by atoms with Gasteiger partial charge >= 0.3 is 11.9 Å². The van der Waals surface area contributed by atoms with Crippen LogP contribution in [-0.2, 0) is 23.9 Å². The third-order valence-electron chi connectivity index (χ3n) is 8.80. The minimum atomic E-state index is -1.08. The van der Waals surface area contributed by atoms with E-state index < -0.39 is 18.0 Å². The molecule has 3 saturated carbocycles. The first-order chi connectivity index (χ1) is 15.1. The third-order valence-corrected chi connectivity index (χ3v) is 8.80. The van der Waals surface area contributed by atoms with E-state index in [1.165, 1.54) is 0 Å². The molecule has 4 aliphatic rings. The molecule has 0 aromatic carbocycles. The molecule has 3 fully saturated rings. The number of aliphatic hydroxyl groups excluding tert-OH is 1. The molecule has 0 saturated heterocycles. The number of hydrogen-bond acceptors (Lipinski definition) is 6. The van der Waals surface area contributed by atoms with Gasteiger partial charge in [0.15, 0.2) is 11.6 Å². The number of carbonyl (C=O) groups is 4. The molecule has 4 rings (SSSR count). The molecule has 7 atom stereocenters. The van der Waals surface area contributed by atoms with Crippen LogP contribution >= 0.6 is 0 Å². The highest BCUT2D eigenvalue weighted by Crippen LogP contribution is 2.66. The second-order valence-corrected chi connectivity index (χ2v) is 10.5. The number of aliphatic hydroxyl groups is 1. The van der Waals surface area contributed by atoms with Crippen LogP contribution in [-0.4, -0.2) is 46.4 Å². The fraction of sp³-hybridized carbons (Fsp3) is 0.680. The van der Waals surface area contributed by atoms with E-state index in [4.69, 9.17) is 9.84 Å². The van der Waals surface area contributed by atoms with Gasteiger partial charge in [0, 0.05) is 17.3 Å². The SMILES string of the molecule is CC12C=CC(=O)C=C1CCC1C2C(O)CC2(C)C(C(=O)COC(=O)CCC(=O)O)CCC12. The minimum Gasteiger partial charge on any atom is -0.481 e. The first kappa shape index (κ1) is 22.9. The summed E-state index contributed by atoms with van der Waals surface area (Å²) >= 11 is 0. The average Bonchev–Trinajstić information content (AvgIpc) is 3.07. The summed E-state index contributed by atoms with van der Waals surface area (Å²) in [6, 6.07) is 0. The summed E-state index contributed by atoms with van der Waals surface area (Å²) in [5, 5.41) is 20.0. The lowest BCUT2D eigenvalue weighted by Gasteiger charge is -2.58. The van der Waals surface area contributed by atoms with Gasteiger partial charge in [-0.15, -0.1) is 0 Å². The number of carbonyl (C=O) groups excluding carboxylic acids is 3. The zero-order valence-corrected chi connectivity index (χ0v) is 18.7. The van der Waals surface area contributed by atoms with Gasteiger partial charge in [0.1, 0.15) is 6.61 Å². The van der Waals surface area contributed by atoms with Crippen LogP contribution in [0.1, 0.15) is 58.8 Å². The molecule has 7 unspecified atom stereocenters. The van der Waals surface area contributed by atoms with E-state index in [1.54, 1.807) is 12.2 Å². The number of esters is 1. The number of ketones is 2. The van der Waals surface area contributed by atoms with E-state index in [1.807, 2.05) is 6.08 Å². The maximum absolute atomic E-state index is 13.0. The molecule has 2 N–H and O–H groups in total. The quantitative estimate of drug-likeness (QED) is 0.605. The summed E-state index contributed by atoms with van der Waals surface area (Å²) in [6.45, 7) is 3.87. The van der Waals surface area contributed by atoms with Gasteiger partial charge in [0.25, 0.3) is 0 Å². The van der Waals surface area contributed by atoms with Crippen molar-refractivity contribution in [2.24, 2.45) is 34.5 Å². The second-order valence-electron chi connectivity index (χ2n) is 10.5. The van der Waals surface area contributed by atoms with E-state index in [-0.39, 0.29) is 65.5 Å². The summed E-state index contributed by atoms with van der Waals surface area (Å²) in [5.41, 5.74) is 0.406. The van der Waals surface area contributed by atoms with Crippen LogP contribution in [0.3, 0.4) is 0 Å². The summed E-state index contributed by atoms with van der Waals surface area (Å²) < 4.78 is 5.06. The molecular formula is C25H32O7. The maximum atomic E-state index is 13.0. The molecule has 0 bridgehead atoms. The second kappa shape index (κ2) is 8.25. The van der Waals surface area contributed by atoms with Crippen molar-refractivity contribution in [2.45, 2.75) is 64.9 Å². The van der Waals surface area contributed by atoms with Gasteiger partial charge in [0.05, 0.1) is 18.9 Å². The lowest BCUT2D eigenvalue weighted by Crippen LogP contribution is -2.56. The predicted octanol–water partition coefficient (Wildman–Crippen LogP) is 2.86. The number of Topliss-reactive ketones (excluding diaryl/α,β-unsaturated/α-hetero) is 1.